The van der Waals surface area contributed by atoms with Gasteiger partial charge in [0.05, 0.1) is 13.2 Å². The molecule has 5 heteroatoms. The lowest BCUT2D eigenvalue weighted by atomic mass is 9.99. The normalized spacial score (nSPS) is 24.7. The van der Waals surface area contributed by atoms with Crippen molar-refractivity contribution in [1.82, 2.24) is 15.1 Å². The van der Waals surface area contributed by atoms with Crippen molar-refractivity contribution in [1.29, 1.82) is 0 Å². The van der Waals surface area contributed by atoms with Gasteiger partial charge in [-0.3, -0.25) is 4.99 Å². The summed E-state index contributed by atoms with van der Waals surface area (Å²) in [5.74, 6) is 2.59. The Morgan fingerprint density at radius 1 is 1.32 bits per heavy atom. The van der Waals surface area contributed by atoms with Gasteiger partial charge >= 0.3 is 0 Å². The first kappa shape index (κ1) is 17.5. The average molecular weight is 310 g/mol. The van der Waals surface area contributed by atoms with Crippen molar-refractivity contribution in [3.8, 4) is 0 Å². The second kappa shape index (κ2) is 9.36. The van der Waals surface area contributed by atoms with Gasteiger partial charge in [-0.1, -0.05) is 6.92 Å². The van der Waals surface area contributed by atoms with E-state index in [1.807, 2.05) is 0 Å². The monoisotopic (exact) mass is 310 g/mol. The van der Waals surface area contributed by atoms with E-state index in [2.05, 4.69) is 36.0 Å². The van der Waals surface area contributed by atoms with Gasteiger partial charge in [0.15, 0.2) is 5.96 Å². The van der Waals surface area contributed by atoms with E-state index in [0.717, 1.165) is 51.3 Å². The molecule has 0 spiro atoms. The van der Waals surface area contributed by atoms with Crippen LogP contribution in [-0.4, -0.2) is 75.3 Å². The Hall–Kier alpha value is -0.810. The Morgan fingerprint density at radius 3 is 2.73 bits per heavy atom. The first-order valence-electron chi connectivity index (χ1n) is 8.98. The van der Waals surface area contributed by atoms with Crippen molar-refractivity contribution in [3.05, 3.63) is 0 Å². The molecule has 1 unspecified atom stereocenters. The number of nitrogens with one attached hydrogen (secondary N) is 1. The highest BCUT2D eigenvalue weighted by molar-refractivity contribution is 5.79. The van der Waals surface area contributed by atoms with Crippen LogP contribution in [0, 0.1) is 11.8 Å². The van der Waals surface area contributed by atoms with Crippen molar-refractivity contribution < 1.29 is 4.74 Å². The number of rotatable bonds is 6. The number of ether oxygens (including phenoxy) is 1. The average Bonchev–Trinajstić information content (AvgIpc) is 3.01. The molecule has 0 amide bonds. The van der Waals surface area contributed by atoms with E-state index in [-0.39, 0.29) is 0 Å². The van der Waals surface area contributed by atoms with Gasteiger partial charge < -0.3 is 19.9 Å². The highest BCUT2D eigenvalue weighted by atomic mass is 16.5. The van der Waals surface area contributed by atoms with Gasteiger partial charge in [-0.2, -0.15) is 0 Å². The first-order chi connectivity index (χ1) is 10.7. The van der Waals surface area contributed by atoms with Crippen molar-refractivity contribution in [2.45, 2.75) is 33.1 Å². The van der Waals surface area contributed by atoms with E-state index in [1.54, 1.807) is 0 Å². The lowest BCUT2D eigenvalue weighted by Gasteiger charge is -2.30. The summed E-state index contributed by atoms with van der Waals surface area (Å²) in [6.07, 6.45) is 3.85. The molecule has 1 N–H and O–H groups in total. The number of hydrogen-bond acceptors (Lipinski definition) is 3. The van der Waals surface area contributed by atoms with Crippen molar-refractivity contribution in [3.63, 3.8) is 0 Å². The minimum absolute atomic E-state index is 0.650. The minimum Gasteiger partial charge on any atom is -0.381 e. The molecular formula is C17H34N4O. The number of piperidine rings is 1. The summed E-state index contributed by atoms with van der Waals surface area (Å²) in [5, 5.41) is 3.42. The summed E-state index contributed by atoms with van der Waals surface area (Å²) in [7, 11) is 2.14. The molecule has 2 heterocycles. The zero-order valence-corrected chi connectivity index (χ0v) is 14.7. The third-order valence-electron chi connectivity index (χ3n) is 4.81. The lowest BCUT2D eigenvalue weighted by molar-refractivity contribution is 0.181. The number of likely N-dealkylation sites (tertiary alicyclic amines) is 1. The van der Waals surface area contributed by atoms with Crippen LogP contribution in [0.25, 0.3) is 0 Å². The molecule has 0 saturated carbocycles. The molecule has 2 rings (SSSR count). The molecule has 2 aliphatic heterocycles. The van der Waals surface area contributed by atoms with Crippen LogP contribution in [0.4, 0.5) is 0 Å². The van der Waals surface area contributed by atoms with Crippen LogP contribution in [0.3, 0.4) is 0 Å². The molecule has 2 aliphatic rings. The molecule has 0 aromatic carbocycles. The van der Waals surface area contributed by atoms with Crippen LogP contribution in [0.1, 0.15) is 33.1 Å². The highest BCUT2D eigenvalue weighted by Gasteiger charge is 2.19. The zero-order chi connectivity index (χ0) is 15.8. The fourth-order valence-corrected chi connectivity index (χ4v) is 3.25. The summed E-state index contributed by atoms with van der Waals surface area (Å²) in [5.41, 5.74) is 0. The van der Waals surface area contributed by atoms with Crippen LogP contribution in [0.15, 0.2) is 4.99 Å². The molecule has 1 atom stereocenters. The van der Waals surface area contributed by atoms with Gasteiger partial charge in [-0.05, 0) is 45.2 Å². The Bertz CT molecular complexity index is 334. The topological polar surface area (TPSA) is 40.1 Å². The molecule has 2 saturated heterocycles. The SMILES string of the molecule is CCNC(=NCCN1CCC(C)CC1)N(C)CC1CCOC1. The van der Waals surface area contributed by atoms with Gasteiger partial charge in [-0.25, -0.2) is 0 Å². The minimum atomic E-state index is 0.650. The molecule has 22 heavy (non-hydrogen) atoms. The van der Waals surface area contributed by atoms with Gasteiger partial charge in [0.1, 0.15) is 0 Å². The van der Waals surface area contributed by atoms with E-state index in [4.69, 9.17) is 9.73 Å². The van der Waals surface area contributed by atoms with Crippen LogP contribution in [0.2, 0.25) is 0 Å². The molecular weight excluding hydrogens is 276 g/mol. The smallest absolute Gasteiger partial charge is 0.193 e. The van der Waals surface area contributed by atoms with Crippen molar-refractivity contribution in [2.75, 3.05) is 59.5 Å². The molecule has 0 radical (unpaired) electrons. The Kier molecular flexibility index (Phi) is 7.46. The van der Waals surface area contributed by atoms with E-state index >= 15 is 0 Å². The Morgan fingerprint density at radius 2 is 2.09 bits per heavy atom. The second-order valence-corrected chi connectivity index (χ2v) is 6.87. The molecule has 128 valence electrons. The summed E-state index contributed by atoms with van der Waals surface area (Å²) in [4.78, 5) is 9.64. The summed E-state index contributed by atoms with van der Waals surface area (Å²) in [6.45, 7) is 12.7. The van der Waals surface area contributed by atoms with Gasteiger partial charge in [0, 0.05) is 39.2 Å². The summed E-state index contributed by atoms with van der Waals surface area (Å²) < 4.78 is 5.47. The molecule has 5 nitrogen and oxygen atoms in total. The van der Waals surface area contributed by atoms with Gasteiger partial charge in [0.2, 0.25) is 0 Å². The summed E-state index contributed by atoms with van der Waals surface area (Å²) >= 11 is 0. The molecule has 0 aromatic rings. The van der Waals surface area contributed by atoms with E-state index in [9.17, 15) is 0 Å². The van der Waals surface area contributed by atoms with Crippen LogP contribution in [0.5, 0.6) is 0 Å². The van der Waals surface area contributed by atoms with Crippen molar-refractivity contribution >= 4 is 5.96 Å². The molecule has 2 fully saturated rings. The van der Waals surface area contributed by atoms with Crippen LogP contribution >= 0.6 is 0 Å². The van der Waals surface area contributed by atoms with E-state index < -0.39 is 0 Å². The largest absolute Gasteiger partial charge is 0.381 e. The third kappa shape index (κ3) is 5.76. The van der Waals surface area contributed by atoms with E-state index in [0.29, 0.717) is 5.92 Å². The summed E-state index contributed by atoms with van der Waals surface area (Å²) in [6, 6.07) is 0. The fourth-order valence-electron chi connectivity index (χ4n) is 3.25. The van der Waals surface area contributed by atoms with E-state index in [1.165, 1.54) is 32.4 Å². The van der Waals surface area contributed by atoms with Gasteiger partial charge in [-0.15, -0.1) is 0 Å². The second-order valence-electron chi connectivity index (χ2n) is 6.87. The highest BCUT2D eigenvalue weighted by Crippen LogP contribution is 2.15. The fraction of sp³-hybridized carbons (Fsp3) is 0.941. The molecule has 0 aliphatic carbocycles. The molecule has 0 aromatic heterocycles. The zero-order valence-electron chi connectivity index (χ0n) is 14.7. The maximum absolute atomic E-state index is 5.47. The predicted octanol–water partition coefficient (Wildman–Crippen LogP) is 1.65. The standard InChI is InChI=1S/C17H34N4O/c1-4-18-17(20(3)13-16-7-12-22-14-16)19-8-11-21-9-5-15(2)6-10-21/h15-16H,4-14H2,1-3H3,(H,18,19). The lowest BCUT2D eigenvalue weighted by Crippen LogP contribution is -2.42. The third-order valence-corrected chi connectivity index (χ3v) is 4.81. The quantitative estimate of drug-likeness (QED) is 0.598. The first-order valence-corrected chi connectivity index (χ1v) is 8.98. The van der Waals surface area contributed by atoms with Crippen LogP contribution < -0.4 is 5.32 Å². The Balaban J connectivity index is 1.75. The van der Waals surface area contributed by atoms with Gasteiger partial charge in [0.25, 0.3) is 0 Å². The maximum atomic E-state index is 5.47. The molecule has 0 bridgehead atoms. The number of aliphatic imine (C=N–C) groups is 1. The number of nitrogens with zero attached hydrogens (tertiary/aromatic N) is 3. The van der Waals surface area contributed by atoms with Crippen molar-refractivity contribution in [2.24, 2.45) is 16.8 Å². The van der Waals surface area contributed by atoms with Crippen LogP contribution in [-0.2, 0) is 4.74 Å². The predicted molar refractivity (Wildman–Crippen MR) is 92.4 cm³/mol. The number of hydrogen-bond donors (Lipinski definition) is 1. The Labute approximate surface area is 136 Å². The maximum Gasteiger partial charge on any atom is 0.193 e. The number of guanidine groups is 1.